The lowest BCUT2D eigenvalue weighted by Gasteiger charge is -2.09. The lowest BCUT2D eigenvalue weighted by Crippen LogP contribution is -2.27. The second kappa shape index (κ2) is 9.56. The fourth-order valence-corrected chi connectivity index (χ4v) is 2.86. The van der Waals surface area contributed by atoms with Crippen molar-refractivity contribution in [1.82, 2.24) is 9.88 Å². The van der Waals surface area contributed by atoms with Gasteiger partial charge in [0.1, 0.15) is 12.3 Å². The van der Waals surface area contributed by atoms with Crippen LogP contribution in [-0.2, 0) is 17.9 Å². The highest BCUT2D eigenvalue weighted by atomic mass is 16.5. The van der Waals surface area contributed by atoms with E-state index in [1.54, 1.807) is 43.6 Å². The standard InChI is InChI=1S/C23H23N3O4/c1-16-3-12-22(28)26(14-16)15-21(27)25-19-8-6-18(7-9-19)23(29)24-13-17-4-10-20(30-2)11-5-17/h3-12,14H,13,15H2,1-2H3,(H,24,29)(H,25,27). The summed E-state index contributed by atoms with van der Waals surface area (Å²) in [7, 11) is 1.60. The van der Waals surface area contributed by atoms with E-state index in [1.807, 2.05) is 31.2 Å². The normalized spacial score (nSPS) is 10.3. The highest BCUT2D eigenvalue weighted by Gasteiger charge is 2.08. The Kier molecular flexibility index (Phi) is 6.64. The summed E-state index contributed by atoms with van der Waals surface area (Å²) in [5, 5.41) is 5.58. The van der Waals surface area contributed by atoms with Crippen LogP contribution in [0.4, 0.5) is 5.69 Å². The summed E-state index contributed by atoms with van der Waals surface area (Å²) in [6.07, 6.45) is 1.64. The Hall–Kier alpha value is -3.87. The molecule has 0 saturated carbocycles. The number of hydrogen-bond donors (Lipinski definition) is 2. The van der Waals surface area contributed by atoms with Crippen LogP contribution in [-0.4, -0.2) is 23.5 Å². The first-order valence-corrected chi connectivity index (χ1v) is 9.43. The molecule has 0 atom stereocenters. The molecule has 2 aromatic carbocycles. The summed E-state index contributed by atoms with van der Waals surface area (Å²) in [5.41, 5.74) is 2.65. The van der Waals surface area contributed by atoms with Crippen LogP contribution < -0.4 is 20.9 Å². The Morgan fingerprint density at radius 2 is 1.67 bits per heavy atom. The Morgan fingerprint density at radius 3 is 2.33 bits per heavy atom. The second-order valence-corrected chi connectivity index (χ2v) is 6.83. The molecular formula is C23H23N3O4. The van der Waals surface area contributed by atoms with Crippen molar-refractivity contribution in [2.45, 2.75) is 20.0 Å². The average molecular weight is 405 g/mol. The van der Waals surface area contributed by atoms with Crippen LogP contribution in [0, 0.1) is 6.92 Å². The molecule has 7 heteroatoms. The SMILES string of the molecule is COc1ccc(CNC(=O)c2ccc(NC(=O)Cn3cc(C)ccc3=O)cc2)cc1. The summed E-state index contributed by atoms with van der Waals surface area (Å²) in [5.74, 6) is 0.226. The number of hydrogen-bond acceptors (Lipinski definition) is 4. The number of nitrogens with zero attached hydrogens (tertiary/aromatic N) is 1. The highest BCUT2D eigenvalue weighted by Crippen LogP contribution is 2.12. The molecule has 3 aromatic rings. The summed E-state index contributed by atoms with van der Waals surface area (Å²) < 4.78 is 6.47. The maximum atomic E-state index is 12.3. The minimum atomic E-state index is -0.320. The van der Waals surface area contributed by atoms with Gasteiger partial charge in [0.25, 0.3) is 11.5 Å². The van der Waals surface area contributed by atoms with Crippen LogP contribution in [0.15, 0.2) is 71.7 Å². The van der Waals surface area contributed by atoms with Crippen molar-refractivity contribution in [2.24, 2.45) is 0 Å². The first kappa shape index (κ1) is 20.9. The number of ether oxygens (including phenoxy) is 1. The van der Waals surface area contributed by atoms with Gasteiger partial charge < -0.3 is 19.9 Å². The Balaban J connectivity index is 1.54. The lowest BCUT2D eigenvalue weighted by molar-refractivity contribution is -0.116. The molecule has 0 aliphatic heterocycles. The number of anilines is 1. The van der Waals surface area contributed by atoms with E-state index in [4.69, 9.17) is 4.74 Å². The molecular weight excluding hydrogens is 382 g/mol. The molecule has 7 nitrogen and oxygen atoms in total. The summed E-state index contributed by atoms with van der Waals surface area (Å²) in [6, 6.07) is 17.2. The molecule has 0 aliphatic carbocycles. The van der Waals surface area contributed by atoms with Gasteiger partial charge in [-0.2, -0.15) is 0 Å². The van der Waals surface area contributed by atoms with Crippen molar-refractivity contribution in [3.8, 4) is 5.75 Å². The maximum Gasteiger partial charge on any atom is 0.251 e. The van der Waals surface area contributed by atoms with Crippen LogP contribution in [0.25, 0.3) is 0 Å². The number of nitrogens with one attached hydrogen (secondary N) is 2. The number of carbonyl (C=O) groups is 2. The number of benzene rings is 2. The van der Waals surface area contributed by atoms with Gasteiger partial charge in [-0.25, -0.2) is 0 Å². The number of methoxy groups -OCH3 is 1. The average Bonchev–Trinajstić information content (AvgIpc) is 2.75. The van der Waals surface area contributed by atoms with E-state index < -0.39 is 0 Å². The zero-order chi connectivity index (χ0) is 21.5. The van der Waals surface area contributed by atoms with E-state index in [0.29, 0.717) is 17.8 Å². The third kappa shape index (κ3) is 5.57. The quantitative estimate of drug-likeness (QED) is 0.633. The van der Waals surface area contributed by atoms with E-state index in [1.165, 1.54) is 10.6 Å². The van der Waals surface area contributed by atoms with Gasteiger partial charge in [-0.05, 0) is 54.4 Å². The van der Waals surface area contributed by atoms with Gasteiger partial charge in [0, 0.05) is 30.1 Å². The first-order chi connectivity index (χ1) is 14.4. The lowest BCUT2D eigenvalue weighted by atomic mass is 10.1. The first-order valence-electron chi connectivity index (χ1n) is 9.43. The number of aromatic nitrogens is 1. The number of rotatable bonds is 7. The fraction of sp³-hybridized carbons (Fsp3) is 0.174. The van der Waals surface area contributed by atoms with Gasteiger partial charge >= 0.3 is 0 Å². The molecule has 0 unspecified atom stereocenters. The third-order valence-electron chi connectivity index (χ3n) is 4.49. The molecule has 1 heterocycles. The van der Waals surface area contributed by atoms with E-state index in [0.717, 1.165) is 16.9 Å². The van der Waals surface area contributed by atoms with E-state index in [-0.39, 0.29) is 23.9 Å². The van der Waals surface area contributed by atoms with Gasteiger partial charge in [0.2, 0.25) is 5.91 Å². The zero-order valence-corrected chi connectivity index (χ0v) is 16.8. The monoisotopic (exact) mass is 405 g/mol. The molecule has 2 amide bonds. The predicted molar refractivity (Wildman–Crippen MR) is 115 cm³/mol. The fourth-order valence-electron chi connectivity index (χ4n) is 2.86. The topological polar surface area (TPSA) is 89.4 Å². The Bertz CT molecular complexity index is 1090. The second-order valence-electron chi connectivity index (χ2n) is 6.83. The minimum Gasteiger partial charge on any atom is -0.497 e. The molecule has 3 rings (SSSR count). The van der Waals surface area contributed by atoms with E-state index >= 15 is 0 Å². The molecule has 0 bridgehead atoms. The zero-order valence-electron chi connectivity index (χ0n) is 16.8. The molecule has 0 saturated heterocycles. The van der Waals surface area contributed by atoms with Gasteiger partial charge in [-0.15, -0.1) is 0 Å². The van der Waals surface area contributed by atoms with Crippen molar-refractivity contribution >= 4 is 17.5 Å². The molecule has 0 radical (unpaired) electrons. The van der Waals surface area contributed by atoms with E-state index in [2.05, 4.69) is 10.6 Å². The number of pyridine rings is 1. The largest absolute Gasteiger partial charge is 0.497 e. The summed E-state index contributed by atoms with van der Waals surface area (Å²) in [6.45, 7) is 2.17. The van der Waals surface area contributed by atoms with Crippen molar-refractivity contribution in [2.75, 3.05) is 12.4 Å². The van der Waals surface area contributed by atoms with Crippen LogP contribution in [0.5, 0.6) is 5.75 Å². The van der Waals surface area contributed by atoms with Gasteiger partial charge in [0.05, 0.1) is 7.11 Å². The number of amides is 2. The van der Waals surface area contributed by atoms with Gasteiger partial charge in [-0.3, -0.25) is 14.4 Å². The summed E-state index contributed by atoms with van der Waals surface area (Å²) >= 11 is 0. The van der Waals surface area contributed by atoms with Crippen molar-refractivity contribution in [3.05, 3.63) is 93.9 Å². The van der Waals surface area contributed by atoms with Gasteiger partial charge in [0.15, 0.2) is 0 Å². The molecule has 2 N–H and O–H groups in total. The van der Waals surface area contributed by atoms with Crippen molar-refractivity contribution in [1.29, 1.82) is 0 Å². The van der Waals surface area contributed by atoms with Crippen LogP contribution in [0.3, 0.4) is 0 Å². The maximum absolute atomic E-state index is 12.3. The number of aryl methyl sites for hydroxylation is 1. The highest BCUT2D eigenvalue weighted by molar-refractivity contribution is 5.95. The van der Waals surface area contributed by atoms with Crippen LogP contribution in [0.2, 0.25) is 0 Å². The van der Waals surface area contributed by atoms with Crippen molar-refractivity contribution < 1.29 is 14.3 Å². The molecule has 154 valence electrons. The molecule has 0 spiro atoms. The van der Waals surface area contributed by atoms with Crippen LogP contribution in [0.1, 0.15) is 21.5 Å². The van der Waals surface area contributed by atoms with Gasteiger partial charge in [-0.1, -0.05) is 18.2 Å². The van der Waals surface area contributed by atoms with Crippen molar-refractivity contribution in [3.63, 3.8) is 0 Å². The van der Waals surface area contributed by atoms with E-state index in [9.17, 15) is 14.4 Å². The third-order valence-corrected chi connectivity index (χ3v) is 4.49. The van der Waals surface area contributed by atoms with Crippen LogP contribution >= 0.6 is 0 Å². The number of carbonyl (C=O) groups excluding carboxylic acids is 2. The Morgan fingerprint density at radius 1 is 0.967 bits per heavy atom. The molecule has 0 fully saturated rings. The molecule has 0 aliphatic rings. The molecule has 30 heavy (non-hydrogen) atoms. The molecule has 1 aromatic heterocycles. The Labute approximate surface area is 174 Å². The predicted octanol–water partition coefficient (Wildman–Crippen LogP) is 2.73. The summed E-state index contributed by atoms with van der Waals surface area (Å²) in [4.78, 5) is 36.3. The smallest absolute Gasteiger partial charge is 0.251 e. The minimum absolute atomic E-state index is 0.0788.